The smallest absolute Gasteiger partial charge is 0.263 e. The minimum Gasteiger partial charge on any atom is -0.493 e. The zero-order valence-corrected chi connectivity index (χ0v) is 17.1. The van der Waals surface area contributed by atoms with E-state index in [4.69, 9.17) is 16.1 Å². The van der Waals surface area contributed by atoms with Crippen LogP contribution in [0.1, 0.15) is 22.4 Å². The van der Waals surface area contributed by atoms with Crippen molar-refractivity contribution < 1.29 is 9.53 Å². The molecule has 8 heteroatoms. The van der Waals surface area contributed by atoms with E-state index in [0.717, 1.165) is 26.7 Å². The molecule has 1 amide bonds. The fraction of sp³-hybridized carbons (Fsp3) is 0.182. The molecule has 0 aliphatic carbocycles. The molecule has 0 bridgehead atoms. The maximum Gasteiger partial charge on any atom is 0.263 e. The van der Waals surface area contributed by atoms with Gasteiger partial charge in [0.25, 0.3) is 5.91 Å². The third kappa shape index (κ3) is 2.83. The summed E-state index contributed by atoms with van der Waals surface area (Å²) in [7, 11) is 1.56. The first kappa shape index (κ1) is 18.3. The van der Waals surface area contributed by atoms with Gasteiger partial charge in [0.1, 0.15) is 10.6 Å². The standard InChI is InChI=1S/C22H17N5O2S/c1-4-17-23-10-15(29-3)19(27-17)14-6-5-12-13(26-14)7-8-16-18(12)20-21(30-16)22(28)25-11(2)9-24-20/h1,5-8,10-11,24H,9H2,2-3H3,(H,25,28)/t11-/m1/s1. The van der Waals surface area contributed by atoms with Crippen molar-refractivity contribution in [2.24, 2.45) is 0 Å². The predicted molar refractivity (Wildman–Crippen MR) is 118 cm³/mol. The van der Waals surface area contributed by atoms with Crippen LogP contribution in [0.25, 0.3) is 32.4 Å². The minimum absolute atomic E-state index is 0.0473. The Morgan fingerprint density at radius 3 is 2.93 bits per heavy atom. The summed E-state index contributed by atoms with van der Waals surface area (Å²) in [5, 5.41) is 8.42. The molecule has 7 nitrogen and oxygen atoms in total. The topological polar surface area (TPSA) is 89.0 Å². The van der Waals surface area contributed by atoms with Gasteiger partial charge >= 0.3 is 0 Å². The number of carbonyl (C=O) groups excluding carboxylic acids is 1. The van der Waals surface area contributed by atoms with Gasteiger partial charge in [0, 0.05) is 28.1 Å². The lowest BCUT2D eigenvalue weighted by molar-refractivity contribution is 0.0949. The normalized spacial score (nSPS) is 15.8. The Labute approximate surface area is 176 Å². The SMILES string of the molecule is C#Cc1ncc(OC)c(-c2ccc3c(ccc4sc5c(c43)NC[C@@H](C)NC5=O)n2)n1. The van der Waals surface area contributed by atoms with E-state index in [1.165, 1.54) is 11.3 Å². The third-order valence-corrected chi connectivity index (χ3v) is 6.19. The molecular formula is C22H17N5O2S. The number of rotatable bonds is 2. The van der Waals surface area contributed by atoms with Crippen molar-refractivity contribution in [2.45, 2.75) is 13.0 Å². The van der Waals surface area contributed by atoms with E-state index >= 15 is 0 Å². The number of fused-ring (bicyclic) bond motifs is 5. The lowest BCUT2D eigenvalue weighted by Gasteiger charge is -2.11. The summed E-state index contributed by atoms with van der Waals surface area (Å²) in [5.74, 6) is 3.17. The van der Waals surface area contributed by atoms with Crippen LogP contribution in [0.3, 0.4) is 0 Å². The molecule has 2 N–H and O–H groups in total. The van der Waals surface area contributed by atoms with Crippen molar-refractivity contribution in [1.82, 2.24) is 20.3 Å². The van der Waals surface area contributed by atoms with Gasteiger partial charge in [-0.15, -0.1) is 17.8 Å². The number of ether oxygens (including phenoxy) is 1. The minimum atomic E-state index is -0.0473. The monoisotopic (exact) mass is 415 g/mol. The number of anilines is 1. The number of thiophene rings is 1. The predicted octanol–water partition coefficient (Wildman–Crippen LogP) is 3.44. The molecule has 1 aliphatic rings. The van der Waals surface area contributed by atoms with Gasteiger partial charge in [0.05, 0.1) is 30.2 Å². The van der Waals surface area contributed by atoms with Gasteiger partial charge in [0.2, 0.25) is 5.82 Å². The van der Waals surface area contributed by atoms with Crippen LogP contribution in [-0.2, 0) is 0 Å². The average Bonchev–Trinajstić information content (AvgIpc) is 3.09. The van der Waals surface area contributed by atoms with E-state index in [1.54, 1.807) is 13.3 Å². The van der Waals surface area contributed by atoms with Crippen LogP contribution in [0.5, 0.6) is 5.75 Å². The lowest BCUT2D eigenvalue weighted by Crippen LogP contribution is -2.34. The molecule has 0 radical (unpaired) electrons. The number of amides is 1. The molecule has 0 unspecified atom stereocenters. The molecule has 4 aromatic rings. The fourth-order valence-electron chi connectivity index (χ4n) is 3.63. The van der Waals surface area contributed by atoms with Crippen LogP contribution in [0, 0.1) is 12.3 Å². The molecule has 30 heavy (non-hydrogen) atoms. The second-order valence-electron chi connectivity index (χ2n) is 7.02. The van der Waals surface area contributed by atoms with Gasteiger partial charge in [-0.1, -0.05) is 0 Å². The van der Waals surface area contributed by atoms with Gasteiger partial charge in [0.15, 0.2) is 5.75 Å². The summed E-state index contributed by atoms with van der Waals surface area (Å²) >= 11 is 1.48. The fourth-order valence-corrected chi connectivity index (χ4v) is 4.73. The van der Waals surface area contributed by atoms with Gasteiger partial charge in [-0.2, -0.15) is 0 Å². The van der Waals surface area contributed by atoms with E-state index in [9.17, 15) is 4.79 Å². The Kier molecular flexibility index (Phi) is 4.26. The Morgan fingerprint density at radius 2 is 2.13 bits per heavy atom. The molecule has 148 valence electrons. The molecule has 5 rings (SSSR count). The molecule has 0 spiro atoms. The number of hydrogen-bond acceptors (Lipinski definition) is 7. The number of terminal acetylenes is 1. The maximum absolute atomic E-state index is 12.6. The van der Waals surface area contributed by atoms with Crippen molar-refractivity contribution in [2.75, 3.05) is 19.0 Å². The molecule has 3 aromatic heterocycles. The summed E-state index contributed by atoms with van der Waals surface area (Å²) < 4.78 is 6.43. The number of methoxy groups -OCH3 is 1. The van der Waals surface area contributed by atoms with Crippen LogP contribution < -0.4 is 15.4 Å². The van der Waals surface area contributed by atoms with Gasteiger partial charge in [-0.05, 0) is 37.1 Å². The first-order chi connectivity index (χ1) is 14.6. The Morgan fingerprint density at radius 1 is 1.27 bits per heavy atom. The van der Waals surface area contributed by atoms with Crippen LogP contribution >= 0.6 is 11.3 Å². The molecule has 0 fully saturated rings. The third-order valence-electron chi connectivity index (χ3n) is 5.04. The number of nitrogens with one attached hydrogen (secondary N) is 2. The lowest BCUT2D eigenvalue weighted by atomic mass is 10.1. The molecule has 1 aromatic carbocycles. The summed E-state index contributed by atoms with van der Waals surface area (Å²) in [5.41, 5.74) is 2.84. The van der Waals surface area contributed by atoms with Crippen molar-refractivity contribution in [3.05, 3.63) is 41.2 Å². The highest BCUT2D eigenvalue weighted by molar-refractivity contribution is 7.21. The van der Waals surface area contributed by atoms with Gasteiger partial charge in [-0.3, -0.25) is 4.79 Å². The van der Waals surface area contributed by atoms with Crippen LogP contribution in [0.2, 0.25) is 0 Å². The van der Waals surface area contributed by atoms with Crippen molar-refractivity contribution in [3.8, 4) is 29.5 Å². The molecule has 0 saturated heterocycles. The maximum atomic E-state index is 12.6. The largest absolute Gasteiger partial charge is 0.493 e. The van der Waals surface area contributed by atoms with E-state index < -0.39 is 0 Å². The average molecular weight is 415 g/mol. The first-order valence-corrected chi connectivity index (χ1v) is 10.2. The first-order valence-electron chi connectivity index (χ1n) is 9.38. The number of pyridine rings is 1. The van der Waals surface area contributed by atoms with E-state index in [-0.39, 0.29) is 17.8 Å². The van der Waals surface area contributed by atoms with Gasteiger partial charge < -0.3 is 15.4 Å². The van der Waals surface area contributed by atoms with E-state index in [1.807, 2.05) is 31.2 Å². The Hall–Kier alpha value is -3.70. The molecule has 4 heterocycles. The highest BCUT2D eigenvalue weighted by Crippen LogP contribution is 2.41. The summed E-state index contributed by atoms with van der Waals surface area (Å²) in [6, 6.07) is 7.89. The van der Waals surface area contributed by atoms with Crippen LogP contribution in [0.4, 0.5) is 5.69 Å². The number of aromatic nitrogens is 3. The Balaban J connectivity index is 1.72. The Bertz CT molecular complexity index is 1370. The van der Waals surface area contributed by atoms with Crippen molar-refractivity contribution in [1.29, 1.82) is 0 Å². The van der Waals surface area contributed by atoms with Crippen LogP contribution in [-0.4, -0.2) is 40.6 Å². The second kappa shape index (κ2) is 6.97. The number of carbonyl (C=O) groups is 1. The zero-order valence-electron chi connectivity index (χ0n) is 16.3. The summed E-state index contributed by atoms with van der Waals surface area (Å²) in [4.78, 5) is 26.6. The highest BCUT2D eigenvalue weighted by Gasteiger charge is 2.25. The quantitative estimate of drug-likeness (QED) is 0.488. The number of hydrogen-bond donors (Lipinski definition) is 2. The van der Waals surface area contributed by atoms with Crippen LogP contribution in [0.15, 0.2) is 30.5 Å². The van der Waals surface area contributed by atoms with E-state index in [2.05, 4.69) is 26.5 Å². The number of nitrogens with zero attached hydrogens (tertiary/aromatic N) is 3. The molecule has 1 aliphatic heterocycles. The zero-order chi connectivity index (χ0) is 20.8. The summed E-state index contributed by atoms with van der Waals surface area (Å²) in [6.45, 7) is 2.65. The second-order valence-corrected chi connectivity index (χ2v) is 8.07. The highest BCUT2D eigenvalue weighted by atomic mass is 32.1. The van der Waals surface area contributed by atoms with Gasteiger partial charge in [-0.25, -0.2) is 15.0 Å². The summed E-state index contributed by atoms with van der Waals surface area (Å²) in [6.07, 6.45) is 7.00. The molecule has 1 atom stereocenters. The van der Waals surface area contributed by atoms with Crippen molar-refractivity contribution in [3.63, 3.8) is 0 Å². The molecular weight excluding hydrogens is 398 g/mol. The van der Waals surface area contributed by atoms with E-state index in [0.29, 0.717) is 28.6 Å². The van der Waals surface area contributed by atoms with Crippen molar-refractivity contribution >= 4 is 43.9 Å². The number of benzene rings is 1. The molecule has 0 saturated carbocycles.